The van der Waals surface area contributed by atoms with Crippen molar-refractivity contribution in [3.05, 3.63) is 35.9 Å². The molecule has 1 rings (SSSR count). The van der Waals surface area contributed by atoms with Gasteiger partial charge >= 0.3 is 0 Å². The molecule has 0 spiro atoms. The van der Waals surface area contributed by atoms with Crippen LogP contribution in [0.3, 0.4) is 0 Å². The molecule has 96 valence electrons. The molecule has 0 aliphatic rings. The highest BCUT2D eigenvalue weighted by molar-refractivity contribution is 5.23. The summed E-state index contributed by atoms with van der Waals surface area (Å²) in [7, 11) is 0. The van der Waals surface area contributed by atoms with Crippen molar-refractivity contribution in [2.75, 3.05) is 13.2 Å². The molecule has 0 atom stereocenters. The summed E-state index contributed by atoms with van der Waals surface area (Å²) in [5.41, 5.74) is 1.43. The largest absolute Gasteiger partial charge is 0.396 e. The van der Waals surface area contributed by atoms with Gasteiger partial charge in [-0.15, -0.1) is 0 Å². The lowest BCUT2D eigenvalue weighted by Gasteiger charge is -2.33. The minimum absolute atomic E-state index is 0.0131. The minimum Gasteiger partial charge on any atom is -0.396 e. The molecule has 2 nitrogen and oxygen atoms in total. The van der Waals surface area contributed by atoms with Gasteiger partial charge < -0.3 is 10.4 Å². The zero-order valence-electron chi connectivity index (χ0n) is 11.5. The SMILES string of the molecule is CC(C)(CCO)NCC(C)(C)c1ccccc1. The van der Waals surface area contributed by atoms with Crippen LogP contribution in [-0.2, 0) is 5.41 Å². The number of nitrogens with one attached hydrogen (secondary N) is 1. The molecule has 0 heterocycles. The second-order valence-corrected chi connectivity index (χ2v) is 5.96. The van der Waals surface area contributed by atoms with Gasteiger partial charge in [0.1, 0.15) is 0 Å². The fraction of sp³-hybridized carbons (Fsp3) is 0.600. The van der Waals surface area contributed by atoms with Gasteiger partial charge in [0.15, 0.2) is 0 Å². The number of aliphatic hydroxyl groups excluding tert-OH is 1. The van der Waals surface area contributed by atoms with E-state index in [0.29, 0.717) is 0 Å². The average molecular weight is 235 g/mol. The number of hydrogen-bond acceptors (Lipinski definition) is 2. The van der Waals surface area contributed by atoms with Gasteiger partial charge in [0.25, 0.3) is 0 Å². The van der Waals surface area contributed by atoms with Crippen molar-refractivity contribution >= 4 is 0 Å². The highest BCUT2D eigenvalue weighted by Gasteiger charge is 2.24. The van der Waals surface area contributed by atoms with E-state index in [9.17, 15) is 0 Å². The van der Waals surface area contributed by atoms with Crippen LogP contribution in [-0.4, -0.2) is 23.8 Å². The van der Waals surface area contributed by atoms with E-state index in [4.69, 9.17) is 5.11 Å². The minimum atomic E-state index is -0.0131. The second kappa shape index (κ2) is 5.65. The third-order valence-corrected chi connectivity index (χ3v) is 3.30. The van der Waals surface area contributed by atoms with Crippen molar-refractivity contribution in [2.45, 2.75) is 45.1 Å². The third kappa shape index (κ3) is 4.49. The normalized spacial score (nSPS) is 12.8. The fourth-order valence-corrected chi connectivity index (χ4v) is 1.82. The molecular weight excluding hydrogens is 210 g/mol. The predicted octanol–water partition coefficient (Wildman–Crippen LogP) is 2.71. The molecule has 0 bridgehead atoms. The monoisotopic (exact) mass is 235 g/mol. The molecule has 0 radical (unpaired) electrons. The van der Waals surface area contributed by atoms with E-state index in [-0.39, 0.29) is 17.6 Å². The Hall–Kier alpha value is -0.860. The Balaban J connectivity index is 2.62. The smallest absolute Gasteiger partial charge is 0.0448 e. The highest BCUT2D eigenvalue weighted by atomic mass is 16.3. The maximum atomic E-state index is 9.01. The number of aliphatic hydroxyl groups is 1. The molecule has 2 N–H and O–H groups in total. The zero-order valence-corrected chi connectivity index (χ0v) is 11.5. The summed E-state index contributed by atoms with van der Waals surface area (Å²) in [6.45, 7) is 9.87. The standard InChI is InChI=1S/C15H25NO/c1-14(2,13-8-6-5-7-9-13)12-16-15(3,4)10-11-17/h5-9,16-17H,10-12H2,1-4H3. The summed E-state index contributed by atoms with van der Waals surface area (Å²) in [4.78, 5) is 0. The van der Waals surface area contributed by atoms with Gasteiger partial charge in [-0.1, -0.05) is 44.2 Å². The zero-order chi connectivity index (χ0) is 12.9. The molecule has 1 aromatic rings. The van der Waals surface area contributed by atoms with Crippen LogP contribution in [0.15, 0.2) is 30.3 Å². The topological polar surface area (TPSA) is 32.3 Å². The van der Waals surface area contributed by atoms with Crippen molar-refractivity contribution in [2.24, 2.45) is 0 Å². The van der Waals surface area contributed by atoms with Gasteiger partial charge in [0.05, 0.1) is 0 Å². The molecule has 1 aromatic carbocycles. The van der Waals surface area contributed by atoms with Gasteiger partial charge in [-0.05, 0) is 25.8 Å². The summed E-state index contributed by atoms with van der Waals surface area (Å²) in [5.74, 6) is 0. The molecular formula is C15H25NO. The van der Waals surface area contributed by atoms with Gasteiger partial charge in [0, 0.05) is 24.1 Å². The average Bonchev–Trinajstić information content (AvgIpc) is 2.28. The van der Waals surface area contributed by atoms with E-state index >= 15 is 0 Å². The van der Waals surface area contributed by atoms with E-state index in [2.05, 4.69) is 57.3 Å². The maximum Gasteiger partial charge on any atom is 0.0448 e. The molecule has 0 saturated carbocycles. The Morgan fingerprint density at radius 1 is 1.06 bits per heavy atom. The van der Waals surface area contributed by atoms with Gasteiger partial charge in [0.2, 0.25) is 0 Å². The summed E-state index contributed by atoms with van der Waals surface area (Å²) in [6, 6.07) is 10.5. The van der Waals surface area contributed by atoms with Crippen molar-refractivity contribution in [1.82, 2.24) is 5.32 Å². The quantitative estimate of drug-likeness (QED) is 0.794. The van der Waals surface area contributed by atoms with Gasteiger partial charge in [-0.2, -0.15) is 0 Å². The lowest BCUT2D eigenvalue weighted by Crippen LogP contribution is -2.46. The molecule has 0 fully saturated rings. The Morgan fingerprint density at radius 2 is 1.65 bits per heavy atom. The van der Waals surface area contributed by atoms with Gasteiger partial charge in [-0.3, -0.25) is 0 Å². The molecule has 0 saturated heterocycles. The van der Waals surface area contributed by atoms with Crippen LogP contribution < -0.4 is 5.32 Å². The van der Waals surface area contributed by atoms with E-state index in [1.807, 2.05) is 6.07 Å². The maximum absolute atomic E-state index is 9.01. The molecule has 0 amide bonds. The molecule has 0 aliphatic heterocycles. The highest BCUT2D eigenvalue weighted by Crippen LogP contribution is 2.23. The van der Waals surface area contributed by atoms with E-state index in [0.717, 1.165) is 13.0 Å². The van der Waals surface area contributed by atoms with Crippen LogP contribution in [0.1, 0.15) is 39.7 Å². The van der Waals surface area contributed by atoms with Crippen molar-refractivity contribution in [3.8, 4) is 0 Å². The van der Waals surface area contributed by atoms with Crippen LogP contribution >= 0.6 is 0 Å². The first-order valence-corrected chi connectivity index (χ1v) is 6.29. The Morgan fingerprint density at radius 3 is 2.18 bits per heavy atom. The Labute approximate surface area is 105 Å². The summed E-state index contributed by atoms with van der Waals surface area (Å²) < 4.78 is 0. The van der Waals surface area contributed by atoms with Crippen molar-refractivity contribution in [1.29, 1.82) is 0 Å². The van der Waals surface area contributed by atoms with E-state index in [1.54, 1.807) is 0 Å². The van der Waals surface area contributed by atoms with E-state index in [1.165, 1.54) is 5.56 Å². The lowest BCUT2D eigenvalue weighted by molar-refractivity contribution is 0.223. The fourth-order valence-electron chi connectivity index (χ4n) is 1.82. The number of rotatable bonds is 6. The molecule has 17 heavy (non-hydrogen) atoms. The van der Waals surface area contributed by atoms with Crippen LogP contribution in [0, 0.1) is 0 Å². The van der Waals surface area contributed by atoms with Crippen LogP contribution in [0.4, 0.5) is 0 Å². The number of benzene rings is 1. The van der Waals surface area contributed by atoms with Crippen LogP contribution in [0.5, 0.6) is 0 Å². The van der Waals surface area contributed by atoms with E-state index < -0.39 is 0 Å². The molecule has 0 aromatic heterocycles. The predicted molar refractivity (Wildman–Crippen MR) is 73.3 cm³/mol. The van der Waals surface area contributed by atoms with Crippen molar-refractivity contribution in [3.63, 3.8) is 0 Å². The van der Waals surface area contributed by atoms with Gasteiger partial charge in [-0.25, -0.2) is 0 Å². The molecule has 2 heteroatoms. The number of hydrogen-bond donors (Lipinski definition) is 2. The van der Waals surface area contributed by atoms with Crippen LogP contribution in [0.25, 0.3) is 0 Å². The van der Waals surface area contributed by atoms with Crippen molar-refractivity contribution < 1.29 is 5.11 Å². The molecule has 0 unspecified atom stereocenters. The summed E-state index contributed by atoms with van der Waals surface area (Å²) >= 11 is 0. The Bertz CT molecular complexity index is 330. The molecule has 0 aliphatic carbocycles. The summed E-state index contributed by atoms with van der Waals surface area (Å²) in [6.07, 6.45) is 0.776. The van der Waals surface area contributed by atoms with Crippen LogP contribution in [0.2, 0.25) is 0 Å². The third-order valence-electron chi connectivity index (χ3n) is 3.30. The first kappa shape index (κ1) is 14.2. The lowest BCUT2D eigenvalue weighted by atomic mass is 9.83. The summed E-state index contributed by atoms with van der Waals surface area (Å²) in [5, 5.41) is 12.5. The Kier molecular flexibility index (Phi) is 4.72. The first-order valence-electron chi connectivity index (χ1n) is 6.29. The second-order valence-electron chi connectivity index (χ2n) is 5.96. The first-order chi connectivity index (χ1) is 7.87.